The van der Waals surface area contributed by atoms with Gasteiger partial charge in [-0.2, -0.15) is 9.65 Å². The van der Waals surface area contributed by atoms with Crippen LogP contribution in [0.5, 0.6) is 5.75 Å². The molecule has 3 N–H and O–H groups in total. The number of methoxy groups -OCH3 is 1. The van der Waals surface area contributed by atoms with Crippen molar-refractivity contribution in [2.45, 2.75) is 25.7 Å². The largest absolute Gasteiger partial charge is 0.476 e. The van der Waals surface area contributed by atoms with E-state index in [0.29, 0.717) is 32.4 Å². The smallest absolute Gasteiger partial charge is 0.292 e. The number of aromatic nitrogens is 2. The van der Waals surface area contributed by atoms with Crippen LogP contribution < -0.4 is 15.8 Å². The van der Waals surface area contributed by atoms with E-state index < -0.39 is 29.9 Å². The van der Waals surface area contributed by atoms with Crippen LogP contribution >= 0.6 is 11.6 Å². The molecule has 268 valence electrons. The zero-order valence-corrected chi connectivity index (χ0v) is 29.1. The molecule has 0 aliphatic carbocycles. The van der Waals surface area contributed by atoms with Gasteiger partial charge in [0.1, 0.15) is 6.07 Å². The molecule has 2 aliphatic rings. The number of amides is 3. The van der Waals surface area contributed by atoms with Crippen molar-refractivity contribution in [2.75, 3.05) is 59.3 Å². The summed E-state index contributed by atoms with van der Waals surface area (Å²) < 4.78 is 40.3. The predicted octanol–water partition coefficient (Wildman–Crippen LogP) is 4.16. The number of piperidine rings is 1. The van der Waals surface area contributed by atoms with Crippen LogP contribution in [0.4, 0.5) is 14.5 Å². The van der Waals surface area contributed by atoms with Gasteiger partial charge in [0, 0.05) is 50.1 Å². The predicted molar refractivity (Wildman–Crippen MR) is 181 cm³/mol. The first-order valence-electron chi connectivity index (χ1n) is 15.7. The van der Waals surface area contributed by atoms with E-state index in [1.54, 1.807) is 11.0 Å². The summed E-state index contributed by atoms with van der Waals surface area (Å²) in [5.41, 5.74) is 5.85. The van der Waals surface area contributed by atoms with E-state index in [9.17, 15) is 23.2 Å². The molecule has 3 amide bonds. The summed E-state index contributed by atoms with van der Waals surface area (Å²) >= 11 is 6.35. The second-order valence-corrected chi connectivity index (χ2v) is 12.7. The number of primary amides is 1. The van der Waals surface area contributed by atoms with Gasteiger partial charge < -0.3 is 34.5 Å². The maximum Gasteiger partial charge on any atom is 0.292 e. The van der Waals surface area contributed by atoms with Crippen molar-refractivity contribution >= 4 is 41.5 Å². The molecule has 2 saturated heterocycles. The SMILES string of the molecule is COC=O.C[N+]1(C)CCCC1.Cn1c(-c2ccc(OCC#N)c(F)c2F)cnc1C(=O)Nc1ccc(C(=O)N2CCC(C(N)=O)CC2)c(Cl)c1. The highest BCUT2D eigenvalue weighted by Gasteiger charge is 2.28. The summed E-state index contributed by atoms with van der Waals surface area (Å²) in [5.74, 6) is -4.57. The summed E-state index contributed by atoms with van der Waals surface area (Å²) in [6.45, 7) is 3.46. The Hall–Kier alpha value is -5.07. The Morgan fingerprint density at radius 1 is 1.14 bits per heavy atom. The van der Waals surface area contributed by atoms with Crippen LogP contribution in [0.1, 0.15) is 46.7 Å². The fraction of sp³-hybridized carbons (Fsp3) is 0.412. The molecule has 50 heavy (non-hydrogen) atoms. The third kappa shape index (κ3) is 10.2. The van der Waals surface area contributed by atoms with E-state index >= 15 is 0 Å². The number of hydrogen-bond acceptors (Lipinski definition) is 8. The van der Waals surface area contributed by atoms with E-state index in [1.165, 1.54) is 85.7 Å². The maximum atomic E-state index is 14.7. The highest BCUT2D eigenvalue weighted by atomic mass is 35.5. The Balaban J connectivity index is 0.000000526. The first kappa shape index (κ1) is 39.4. The lowest BCUT2D eigenvalue weighted by molar-refractivity contribution is -0.877. The Morgan fingerprint density at radius 2 is 1.78 bits per heavy atom. The third-order valence-electron chi connectivity index (χ3n) is 8.32. The minimum Gasteiger partial charge on any atom is -0.476 e. The lowest BCUT2D eigenvalue weighted by Gasteiger charge is -2.30. The van der Waals surface area contributed by atoms with Gasteiger partial charge in [-0.05, 0) is 43.2 Å². The second-order valence-electron chi connectivity index (χ2n) is 12.3. The number of nitrogens with two attached hydrogens (primary N) is 1. The van der Waals surface area contributed by atoms with Gasteiger partial charge in [-0.3, -0.25) is 19.2 Å². The van der Waals surface area contributed by atoms with Crippen molar-refractivity contribution in [2.24, 2.45) is 18.7 Å². The number of ether oxygens (including phenoxy) is 2. The number of hydrogen-bond donors (Lipinski definition) is 2. The number of quaternary nitrogens is 1. The molecule has 16 heteroatoms. The van der Waals surface area contributed by atoms with Crippen LogP contribution in [0.2, 0.25) is 5.02 Å². The molecule has 1 aromatic heterocycles. The zero-order chi connectivity index (χ0) is 37.0. The molecule has 5 rings (SSSR count). The number of anilines is 1. The topological polar surface area (TPSA) is 170 Å². The molecular formula is C34H41ClF2N7O6+. The van der Waals surface area contributed by atoms with E-state index in [4.69, 9.17) is 32.1 Å². The van der Waals surface area contributed by atoms with Crippen LogP contribution in [-0.4, -0.2) is 97.1 Å². The van der Waals surface area contributed by atoms with Gasteiger partial charge in [-0.15, -0.1) is 0 Å². The summed E-state index contributed by atoms with van der Waals surface area (Å²) in [7, 11) is 7.37. The van der Waals surface area contributed by atoms with Crippen molar-refractivity contribution < 1.29 is 41.9 Å². The first-order valence-corrected chi connectivity index (χ1v) is 16.1. The van der Waals surface area contributed by atoms with Gasteiger partial charge in [-0.25, -0.2) is 9.37 Å². The van der Waals surface area contributed by atoms with Crippen molar-refractivity contribution in [3.63, 3.8) is 0 Å². The Kier molecular flexibility index (Phi) is 14.2. The summed E-state index contributed by atoms with van der Waals surface area (Å²) in [5, 5.41) is 11.3. The summed E-state index contributed by atoms with van der Waals surface area (Å²) in [4.78, 5) is 51.8. The number of nitrogens with one attached hydrogen (secondary N) is 1. The minimum atomic E-state index is -1.27. The van der Waals surface area contributed by atoms with Crippen LogP contribution in [0.3, 0.4) is 0 Å². The molecule has 3 aromatic rings. The maximum absolute atomic E-state index is 14.7. The first-order chi connectivity index (χ1) is 23.7. The molecule has 0 bridgehead atoms. The number of likely N-dealkylation sites (tertiary alicyclic amines) is 2. The highest BCUT2D eigenvalue weighted by molar-refractivity contribution is 6.34. The minimum absolute atomic E-state index is 0.0942. The average molecular weight is 717 g/mol. The van der Waals surface area contributed by atoms with Crippen LogP contribution in [-0.2, 0) is 21.4 Å². The molecule has 13 nitrogen and oxygen atoms in total. The molecule has 2 fully saturated rings. The Labute approximate surface area is 294 Å². The number of nitrogens with zero attached hydrogens (tertiary/aromatic N) is 5. The number of benzene rings is 2. The molecule has 0 saturated carbocycles. The fourth-order valence-corrected chi connectivity index (χ4v) is 5.77. The Bertz CT molecular complexity index is 1730. The van der Waals surface area contributed by atoms with E-state index in [1.807, 2.05) is 0 Å². The molecule has 2 aliphatic heterocycles. The molecule has 2 aromatic carbocycles. The van der Waals surface area contributed by atoms with Gasteiger partial charge in [-0.1, -0.05) is 11.6 Å². The summed E-state index contributed by atoms with van der Waals surface area (Å²) in [6.07, 6.45) is 5.06. The lowest BCUT2D eigenvalue weighted by atomic mass is 9.96. The molecule has 0 spiro atoms. The van der Waals surface area contributed by atoms with E-state index in [-0.39, 0.29) is 51.1 Å². The van der Waals surface area contributed by atoms with Crippen LogP contribution in [0.25, 0.3) is 11.3 Å². The molecule has 0 radical (unpaired) electrons. The lowest BCUT2D eigenvalue weighted by Crippen LogP contribution is -2.41. The molecule has 0 atom stereocenters. The molecule has 3 heterocycles. The molecular weight excluding hydrogens is 676 g/mol. The standard InChI is InChI=1S/C26H23ClF2N6O4.C6H14N.C2H4O2/c1-34-19(17-4-5-20(39-11-8-30)22(29)21(17)28)13-32-24(34)25(37)33-15-2-3-16(18(27)12-15)26(38)35-9-6-14(7-10-35)23(31)36;1-7(2)5-3-4-6-7;1-4-2-3/h2-5,12-14H,6-7,9-11H2,1H3,(H2,31,36)(H,33,37);3-6H2,1-2H3;2H,1H3/q;+1;. The number of nitriles is 1. The van der Waals surface area contributed by atoms with Crippen LogP contribution in [0, 0.1) is 28.9 Å². The Morgan fingerprint density at radius 3 is 2.30 bits per heavy atom. The average Bonchev–Trinajstić information content (AvgIpc) is 3.69. The van der Waals surface area contributed by atoms with Gasteiger partial charge >= 0.3 is 0 Å². The summed E-state index contributed by atoms with van der Waals surface area (Å²) in [6, 6.07) is 8.53. The third-order valence-corrected chi connectivity index (χ3v) is 8.63. The number of halogens is 3. The van der Waals surface area contributed by atoms with Crippen molar-refractivity contribution in [1.29, 1.82) is 5.26 Å². The quantitative estimate of drug-likeness (QED) is 0.259. The highest BCUT2D eigenvalue weighted by Crippen LogP contribution is 2.31. The van der Waals surface area contributed by atoms with E-state index in [2.05, 4.69) is 29.1 Å². The number of imidazole rings is 1. The normalized spacial score (nSPS) is 15.0. The second kappa shape index (κ2) is 18.1. The van der Waals surface area contributed by atoms with Crippen molar-refractivity contribution in [3.8, 4) is 23.1 Å². The van der Waals surface area contributed by atoms with E-state index in [0.717, 1.165) is 0 Å². The van der Waals surface area contributed by atoms with Gasteiger partial charge in [0.25, 0.3) is 18.3 Å². The molecule has 0 unspecified atom stereocenters. The van der Waals surface area contributed by atoms with Gasteiger partial charge in [0.2, 0.25) is 11.7 Å². The number of carbonyl (C=O) groups is 4. The van der Waals surface area contributed by atoms with Crippen molar-refractivity contribution in [1.82, 2.24) is 14.5 Å². The van der Waals surface area contributed by atoms with Crippen LogP contribution in [0.15, 0.2) is 36.5 Å². The number of carbonyl (C=O) groups excluding carboxylic acids is 4. The fourth-order valence-electron chi connectivity index (χ4n) is 5.50. The van der Waals surface area contributed by atoms with Gasteiger partial charge in [0.05, 0.1) is 56.8 Å². The van der Waals surface area contributed by atoms with Crippen molar-refractivity contribution in [3.05, 3.63) is 64.6 Å². The monoisotopic (exact) mass is 716 g/mol. The van der Waals surface area contributed by atoms with Gasteiger partial charge in [0.15, 0.2) is 24.0 Å². The zero-order valence-electron chi connectivity index (χ0n) is 28.4. The number of rotatable bonds is 8.